The second-order valence-electron chi connectivity index (χ2n) is 2.39. The molecule has 0 aliphatic heterocycles. The molecule has 0 radical (unpaired) electrons. The third-order valence-electron chi connectivity index (χ3n) is 1.50. The number of rotatable bonds is 2. The highest BCUT2D eigenvalue weighted by Gasteiger charge is 2.05. The summed E-state index contributed by atoms with van der Waals surface area (Å²) in [7, 11) is 1.49. The molecule has 0 aliphatic carbocycles. The molecule has 0 saturated carbocycles. The first kappa shape index (κ1) is 8.39. The molecule has 64 valence electrons. The van der Waals surface area contributed by atoms with Crippen LogP contribution < -0.4 is 4.90 Å². The molecule has 1 aromatic carbocycles. The van der Waals surface area contributed by atoms with Crippen LogP contribution in [0.4, 0.5) is 5.69 Å². The second-order valence-corrected chi connectivity index (χ2v) is 2.39. The van der Waals surface area contributed by atoms with Crippen molar-refractivity contribution in [2.45, 2.75) is 0 Å². The highest BCUT2D eigenvalue weighted by atomic mass is 16.3. The number of carbonyl (C=O) groups excluding carboxylic acids is 1. The molecule has 1 amide bonds. The van der Waals surface area contributed by atoms with Crippen molar-refractivity contribution in [2.24, 2.45) is 0 Å². The molecule has 2 N–H and O–H groups in total. The number of nitrogens with zero attached hydrogens (tertiary/aromatic N) is 1. The fourth-order valence-electron chi connectivity index (χ4n) is 0.851. The van der Waals surface area contributed by atoms with E-state index in [0.29, 0.717) is 6.41 Å². The minimum absolute atomic E-state index is 0.0106. The molecule has 0 atom stereocenters. The van der Waals surface area contributed by atoms with Crippen LogP contribution in [0, 0.1) is 0 Å². The van der Waals surface area contributed by atoms with Gasteiger partial charge in [-0.25, -0.2) is 0 Å². The molecular weight excluding hydrogens is 158 g/mol. The summed E-state index contributed by atoms with van der Waals surface area (Å²) in [4.78, 5) is 11.5. The third-order valence-corrected chi connectivity index (χ3v) is 1.50. The van der Waals surface area contributed by atoms with Crippen LogP contribution in [0.1, 0.15) is 0 Å². The number of phenols is 2. The normalized spacial score (nSPS) is 9.42. The number of hydrogen-bond donors (Lipinski definition) is 2. The summed E-state index contributed by atoms with van der Waals surface area (Å²) < 4.78 is 0. The van der Waals surface area contributed by atoms with Gasteiger partial charge in [-0.2, -0.15) is 0 Å². The van der Waals surface area contributed by atoms with Gasteiger partial charge in [0.15, 0.2) is 0 Å². The Labute approximate surface area is 69.7 Å². The minimum Gasteiger partial charge on any atom is -0.508 e. The summed E-state index contributed by atoms with van der Waals surface area (Å²) in [5.41, 5.74) is 0.282. The van der Waals surface area contributed by atoms with Gasteiger partial charge in [-0.1, -0.05) is 0 Å². The molecule has 0 heterocycles. The van der Waals surface area contributed by atoms with Crippen LogP contribution in [0.2, 0.25) is 0 Å². The first-order chi connectivity index (χ1) is 5.65. The van der Waals surface area contributed by atoms with Crippen molar-refractivity contribution in [2.75, 3.05) is 11.9 Å². The number of benzene rings is 1. The van der Waals surface area contributed by atoms with Crippen LogP contribution in [-0.2, 0) is 4.79 Å². The lowest BCUT2D eigenvalue weighted by molar-refractivity contribution is -0.107. The van der Waals surface area contributed by atoms with E-state index >= 15 is 0 Å². The maximum absolute atomic E-state index is 10.3. The van der Waals surface area contributed by atoms with E-state index in [-0.39, 0.29) is 17.2 Å². The van der Waals surface area contributed by atoms with Gasteiger partial charge < -0.3 is 15.1 Å². The fraction of sp³-hybridized carbons (Fsp3) is 0.125. The second kappa shape index (κ2) is 3.13. The quantitative estimate of drug-likeness (QED) is 0.503. The smallest absolute Gasteiger partial charge is 0.213 e. The molecule has 1 aromatic rings. The maximum atomic E-state index is 10.3. The Morgan fingerprint density at radius 3 is 2.67 bits per heavy atom. The summed E-state index contributed by atoms with van der Waals surface area (Å²) in [5, 5.41) is 18.3. The predicted molar refractivity (Wildman–Crippen MR) is 44.2 cm³/mol. The van der Waals surface area contributed by atoms with Crippen LogP contribution in [0.15, 0.2) is 18.2 Å². The topological polar surface area (TPSA) is 60.8 Å². The van der Waals surface area contributed by atoms with Crippen molar-refractivity contribution < 1.29 is 15.0 Å². The maximum Gasteiger partial charge on any atom is 0.213 e. The predicted octanol–water partition coefficient (Wildman–Crippen LogP) is 0.690. The van der Waals surface area contributed by atoms with Gasteiger partial charge in [-0.05, 0) is 12.1 Å². The molecule has 12 heavy (non-hydrogen) atoms. The van der Waals surface area contributed by atoms with Gasteiger partial charge in [-0.3, -0.25) is 4.79 Å². The summed E-state index contributed by atoms with van der Waals surface area (Å²) in [6.07, 6.45) is 0.550. The zero-order valence-corrected chi connectivity index (χ0v) is 6.56. The first-order valence-electron chi connectivity index (χ1n) is 3.35. The average Bonchev–Trinajstić information content (AvgIpc) is 2.08. The number of hydrogen-bond acceptors (Lipinski definition) is 3. The molecule has 0 bridgehead atoms. The third kappa shape index (κ3) is 1.47. The number of amides is 1. The molecule has 4 nitrogen and oxygen atoms in total. The van der Waals surface area contributed by atoms with Crippen LogP contribution >= 0.6 is 0 Å². The van der Waals surface area contributed by atoms with Crippen LogP contribution in [0.25, 0.3) is 0 Å². The van der Waals surface area contributed by atoms with Crippen molar-refractivity contribution >= 4 is 12.1 Å². The molecule has 0 spiro atoms. The molecule has 0 aromatic heterocycles. The SMILES string of the molecule is CN(C=O)c1cc(O)ccc1O. The van der Waals surface area contributed by atoms with E-state index in [2.05, 4.69) is 0 Å². The van der Waals surface area contributed by atoms with Gasteiger partial charge in [0, 0.05) is 13.1 Å². The van der Waals surface area contributed by atoms with Gasteiger partial charge in [0.1, 0.15) is 11.5 Å². The van der Waals surface area contributed by atoms with Gasteiger partial charge in [0.2, 0.25) is 6.41 Å². The van der Waals surface area contributed by atoms with E-state index in [0.717, 1.165) is 0 Å². The monoisotopic (exact) mass is 167 g/mol. The minimum atomic E-state index is -0.0394. The van der Waals surface area contributed by atoms with Gasteiger partial charge in [-0.15, -0.1) is 0 Å². The molecular formula is C8H9NO3. The van der Waals surface area contributed by atoms with E-state index in [9.17, 15) is 9.90 Å². The van der Waals surface area contributed by atoms with E-state index in [1.54, 1.807) is 0 Å². The van der Waals surface area contributed by atoms with E-state index in [1.165, 1.54) is 30.1 Å². The van der Waals surface area contributed by atoms with Crippen molar-refractivity contribution in [1.29, 1.82) is 0 Å². The molecule has 1 rings (SSSR count). The highest BCUT2D eigenvalue weighted by Crippen LogP contribution is 2.28. The van der Waals surface area contributed by atoms with E-state index in [1.807, 2.05) is 0 Å². The number of carbonyl (C=O) groups is 1. The van der Waals surface area contributed by atoms with Gasteiger partial charge in [0.25, 0.3) is 0 Å². The van der Waals surface area contributed by atoms with Gasteiger partial charge >= 0.3 is 0 Å². The Morgan fingerprint density at radius 1 is 1.42 bits per heavy atom. The molecule has 0 aliphatic rings. The van der Waals surface area contributed by atoms with E-state index in [4.69, 9.17) is 5.11 Å². The number of anilines is 1. The van der Waals surface area contributed by atoms with Crippen LogP contribution in [0.5, 0.6) is 11.5 Å². The number of aromatic hydroxyl groups is 2. The lowest BCUT2D eigenvalue weighted by Crippen LogP contribution is -2.13. The first-order valence-corrected chi connectivity index (χ1v) is 3.35. The van der Waals surface area contributed by atoms with Crippen LogP contribution in [-0.4, -0.2) is 23.7 Å². The summed E-state index contributed by atoms with van der Waals surface area (Å²) in [6, 6.07) is 3.98. The Bertz CT molecular complexity index is 298. The lowest BCUT2D eigenvalue weighted by atomic mass is 10.2. The number of phenolic OH excluding ortho intramolecular Hbond substituents is 2. The fourth-order valence-corrected chi connectivity index (χ4v) is 0.851. The van der Waals surface area contributed by atoms with Crippen molar-refractivity contribution in [3.63, 3.8) is 0 Å². The zero-order chi connectivity index (χ0) is 9.14. The van der Waals surface area contributed by atoms with Gasteiger partial charge in [0.05, 0.1) is 5.69 Å². The molecule has 0 saturated heterocycles. The van der Waals surface area contributed by atoms with Crippen molar-refractivity contribution in [3.8, 4) is 11.5 Å². The highest BCUT2D eigenvalue weighted by molar-refractivity contribution is 5.78. The molecule has 4 heteroatoms. The lowest BCUT2D eigenvalue weighted by Gasteiger charge is -2.12. The molecule has 0 unspecified atom stereocenters. The van der Waals surface area contributed by atoms with Crippen molar-refractivity contribution in [1.82, 2.24) is 0 Å². The Morgan fingerprint density at radius 2 is 2.08 bits per heavy atom. The largest absolute Gasteiger partial charge is 0.508 e. The average molecular weight is 167 g/mol. The molecule has 0 fully saturated rings. The zero-order valence-electron chi connectivity index (χ0n) is 6.56. The Balaban J connectivity index is 3.12. The summed E-state index contributed by atoms with van der Waals surface area (Å²) >= 11 is 0. The van der Waals surface area contributed by atoms with Crippen molar-refractivity contribution in [3.05, 3.63) is 18.2 Å². The van der Waals surface area contributed by atoms with Crippen LogP contribution in [0.3, 0.4) is 0 Å². The van der Waals surface area contributed by atoms with E-state index < -0.39 is 0 Å². The summed E-state index contributed by atoms with van der Waals surface area (Å²) in [6.45, 7) is 0. The Kier molecular flexibility index (Phi) is 2.19. The summed E-state index contributed by atoms with van der Waals surface area (Å²) in [5.74, 6) is -0.0288. The standard InChI is InChI=1S/C8H9NO3/c1-9(5-10)7-4-6(11)2-3-8(7)12/h2-5,11-12H,1H3. The Hall–Kier alpha value is -1.71.